The molecule has 1 aliphatic heterocycles. The van der Waals surface area contributed by atoms with Gasteiger partial charge in [-0.1, -0.05) is 43.3 Å². The van der Waals surface area contributed by atoms with Crippen LogP contribution in [0, 0.1) is 0 Å². The maximum absolute atomic E-state index is 6.77. The number of rotatable bonds is 8. The molecular weight excluding hydrogens is 350 g/mol. The van der Waals surface area contributed by atoms with Crippen molar-refractivity contribution in [3.05, 3.63) is 60.7 Å². The Morgan fingerprint density at radius 2 is 1.59 bits per heavy atom. The number of ether oxygens (including phenoxy) is 1. The number of nitrogens with one attached hydrogen (secondary N) is 1. The van der Waals surface area contributed by atoms with E-state index < -0.39 is 10.0 Å². The summed E-state index contributed by atoms with van der Waals surface area (Å²) in [6.45, 7) is 7.79. The van der Waals surface area contributed by atoms with Crippen LogP contribution in [0.4, 0.5) is 0 Å². The average Bonchev–Trinajstić information content (AvgIpc) is 3.23. The van der Waals surface area contributed by atoms with E-state index >= 15 is 0 Å². The standard InChI is InChI=1S/C24H35NOS/c1-5-24(2,3)26-23(22-17-12-18-25-22)19-27(4,20-13-8-6-9-14-20)21-15-10-7-11-16-21/h6-11,13-16,22-23,25H,5,12,17-19H2,1-4H3/t22-,23+/m0/s1. The maximum Gasteiger partial charge on any atom is 0.0817 e. The molecule has 0 aliphatic carbocycles. The highest BCUT2D eigenvalue weighted by Crippen LogP contribution is 2.60. The summed E-state index contributed by atoms with van der Waals surface area (Å²) in [5, 5.41) is 3.72. The van der Waals surface area contributed by atoms with Crippen LogP contribution < -0.4 is 5.32 Å². The summed E-state index contributed by atoms with van der Waals surface area (Å²) in [6, 6.07) is 22.5. The third-order valence-electron chi connectivity index (χ3n) is 5.89. The van der Waals surface area contributed by atoms with Crippen molar-refractivity contribution in [3.8, 4) is 0 Å². The molecule has 2 aromatic carbocycles. The first kappa shape index (κ1) is 20.4. The molecule has 3 rings (SSSR count). The van der Waals surface area contributed by atoms with Gasteiger partial charge in [-0.05, 0) is 80.0 Å². The van der Waals surface area contributed by atoms with E-state index in [0.29, 0.717) is 6.04 Å². The Balaban J connectivity index is 1.97. The zero-order valence-electron chi connectivity index (χ0n) is 17.3. The van der Waals surface area contributed by atoms with E-state index in [1.165, 1.54) is 22.6 Å². The lowest BCUT2D eigenvalue weighted by Gasteiger charge is -2.43. The lowest BCUT2D eigenvalue weighted by Crippen LogP contribution is -2.45. The summed E-state index contributed by atoms with van der Waals surface area (Å²) < 4.78 is 6.77. The third-order valence-corrected chi connectivity index (χ3v) is 9.51. The molecule has 0 amide bonds. The summed E-state index contributed by atoms with van der Waals surface area (Å²) in [5.41, 5.74) is -0.0946. The first-order chi connectivity index (χ1) is 12.9. The molecule has 1 fully saturated rings. The molecule has 0 radical (unpaired) electrons. The smallest absolute Gasteiger partial charge is 0.0817 e. The molecule has 0 bridgehead atoms. The minimum atomic E-state index is -1.18. The van der Waals surface area contributed by atoms with Crippen molar-refractivity contribution in [2.45, 2.75) is 67.6 Å². The minimum Gasteiger partial charge on any atom is -0.370 e. The number of hydrogen-bond acceptors (Lipinski definition) is 2. The van der Waals surface area contributed by atoms with Gasteiger partial charge in [0, 0.05) is 11.8 Å². The lowest BCUT2D eigenvalue weighted by molar-refractivity contribution is -0.0751. The van der Waals surface area contributed by atoms with Crippen LogP contribution in [-0.2, 0) is 4.74 Å². The zero-order chi connectivity index (χ0) is 19.3. The molecule has 3 heteroatoms. The summed E-state index contributed by atoms with van der Waals surface area (Å²) in [7, 11) is -1.18. The van der Waals surface area contributed by atoms with E-state index in [2.05, 4.69) is 93.0 Å². The molecule has 2 atom stereocenters. The largest absolute Gasteiger partial charge is 0.370 e. The van der Waals surface area contributed by atoms with Crippen molar-refractivity contribution in [3.63, 3.8) is 0 Å². The highest BCUT2D eigenvalue weighted by Gasteiger charge is 2.36. The van der Waals surface area contributed by atoms with Crippen LogP contribution in [0.1, 0.15) is 40.0 Å². The van der Waals surface area contributed by atoms with Gasteiger partial charge in [0.05, 0.1) is 11.7 Å². The zero-order valence-corrected chi connectivity index (χ0v) is 18.1. The minimum absolute atomic E-state index is 0.0946. The summed E-state index contributed by atoms with van der Waals surface area (Å²) >= 11 is 0. The topological polar surface area (TPSA) is 21.3 Å². The van der Waals surface area contributed by atoms with E-state index in [1.807, 2.05) is 0 Å². The van der Waals surface area contributed by atoms with Gasteiger partial charge in [-0.15, -0.1) is 0 Å². The SMILES string of the molecule is CCC(C)(C)O[C@H](CS(C)(c1ccccc1)c1ccccc1)[C@@H]1CCCN1. The molecule has 2 nitrogen and oxygen atoms in total. The predicted molar refractivity (Wildman–Crippen MR) is 118 cm³/mol. The molecule has 148 valence electrons. The van der Waals surface area contributed by atoms with Gasteiger partial charge in [0.15, 0.2) is 0 Å². The number of benzene rings is 2. The summed E-state index contributed by atoms with van der Waals surface area (Å²) in [5.74, 6) is 1.06. The number of hydrogen-bond donors (Lipinski definition) is 1. The van der Waals surface area contributed by atoms with Gasteiger partial charge in [0.25, 0.3) is 0 Å². The fourth-order valence-electron chi connectivity index (χ4n) is 3.85. The lowest BCUT2D eigenvalue weighted by atomic mass is 10.0. The fraction of sp³-hybridized carbons (Fsp3) is 0.500. The first-order valence-electron chi connectivity index (χ1n) is 10.2. The summed E-state index contributed by atoms with van der Waals surface area (Å²) in [6.07, 6.45) is 6.17. The molecule has 1 aliphatic rings. The average molecular weight is 386 g/mol. The van der Waals surface area contributed by atoms with Gasteiger partial charge >= 0.3 is 0 Å². The first-order valence-corrected chi connectivity index (χ1v) is 12.4. The molecular formula is C24H35NOS. The van der Waals surface area contributed by atoms with Gasteiger partial charge in [0.1, 0.15) is 0 Å². The molecule has 1 saturated heterocycles. The van der Waals surface area contributed by atoms with E-state index in [1.54, 1.807) is 0 Å². The fourth-order valence-corrected chi connectivity index (χ4v) is 6.98. The van der Waals surface area contributed by atoms with Crippen LogP contribution in [0.15, 0.2) is 70.5 Å². The Bertz CT molecular complexity index is 655. The molecule has 27 heavy (non-hydrogen) atoms. The second-order valence-electron chi connectivity index (χ2n) is 8.35. The van der Waals surface area contributed by atoms with Crippen molar-refractivity contribution in [1.29, 1.82) is 0 Å². The Kier molecular flexibility index (Phi) is 6.67. The monoisotopic (exact) mass is 385 g/mol. The Labute approximate surface area is 167 Å². The predicted octanol–water partition coefficient (Wildman–Crippen LogP) is 5.86. The Hall–Kier alpha value is -1.29. The van der Waals surface area contributed by atoms with E-state index in [0.717, 1.165) is 18.7 Å². The van der Waals surface area contributed by atoms with E-state index in [-0.39, 0.29) is 11.7 Å². The van der Waals surface area contributed by atoms with Crippen molar-refractivity contribution in [1.82, 2.24) is 5.32 Å². The molecule has 0 unspecified atom stereocenters. The van der Waals surface area contributed by atoms with Crippen LogP contribution in [0.3, 0.4) is 0 Å². The summed E-state index contributed by atoms with van der Waals surface area (Å²) in [4.78, 5) is 2.88. The maximum atomic E-state index is 6.77. The van der Waals surface area contributed by atoms with Crippen LogP contribution in [-0.4, -0.2) is 36.3 Å². The van der Waals surface area contributed by atoms with Gasteiger partial charge in [0.2, 0.25) is 0 Å². The van der Waals surface area contributed by atoms with E-state index in [4.69, 9.17) is 4.74 Å². The van der Waals surface area contributed by atoms with Crippen molar-refractivity contribution < 1.29 is 4.74 Å². The van der Waals surface area contributed by atoms with Gasteiger partial charge in [-0.25, -0.2) is 0 Å². The molecule has 0 aromatic heterocycles. The van der Waals surface area contributed by atoms with Crippen molar-refractivity contribution in [2.24, 2.45) is 0 Å². The van der Waals surface area contributed by atoms with Gasteiger partial charge in [-0.3, -0.25) is 0 Å². The molecule has 0 saturated carbocycles. The van der Waals surface area contributed by atoms with Gasteiger partial charge in [-0.2, -0.15) is 10.0 Å². The normalized spacial score (nSPS) is 19.8. The van der Waals surface area contributed by atoms with Gasteiger partial charge < -0.3 is 10.1 Å². The Morgan fingerprint density at radius 3 is 2.04 bits per heavy atom. The second-order valence-corrected chi connectivity index (χ2v) is 11.8. The van der Waals surface area contributed by atoms with Crippen LogP contribution in [0.5, 0.6) is 0 Å². The van der Waals surface area contributed by atoms with Crippen molar-refractivity contribution in [2.75, 3.05) is 18.6 Å². The van der Waals surface area contributed by atoms with E-state index in [9.17, 15) is 0 Å². The third kappa shape index (κ3) is 4.96. The Morgan fingerprint density at radius 1 is 1.04 bits per heavy atom. The molecule has 1 heterocycles. The molecule has 1 N–H and O–H groups in total. The quantitative estimate of drug-likeness (QED) is 0.614. The highest BCUT2D eigenvalue weighted by molar-refractivity contribution is 8.33. The second kappa shape index (κ2) is 8.81. The van der Waals surface area contributed by atoms with Crippen molar-refractivity contribution >= 4 is 10.0 Å². The van der Waals surface area contributed by atoms with Crippen LogP contribution in [0.25, 0.3) is 0 Å². The molecule has 2 aromatic rings. The molecule has 0 spiro atoms. The highest BCUT2D eigenvalue weighted by atomic mass is 32.3. The van der Waals surface area contributed by atoms with Crippen LogP contribution >= 0.6 is 10.0 Å². The van der Waals surface area contributed by atoms with Crippen LogP contribution in [0.2, 0.25) is 0 Å².